The molecule has 1 aliphatic heterocycles. The maximum atomic E-state index is 13.6. The summed E-state index contributed by atoms with van der Waals surface area (Å²) in [6, 6.07) is 7.01. The van der Waals surface area contributed by atoms with Crippen LogP contribution in [0.3, 0.4) is 0 Å². The van der Waals surface area contributed by atoms with Crippen LogP contribution in [0.5, 0.6) is 0 Å². The zero-order valence-corrected chi connectivity index (χ0v) is 9.91. The Labute approximate surface area is 101 Å². The molecule has 1 atom stereocenters. The molecule has 0 spiro atoms. The monoisotopic (exact) mass is 233 g/mol. The number of likely N-dealkylation sites (N-methyl/N-ethyl adjacent to an activating group) is 1. The van der Waals surface area contributed by atoms with Gasteiger partial charge in [0.1, 0.15) is 5.82 Å². The van der Waals surface area contributed by atoms with E-state index in [0.29, 0.717) is 23.7 Å². The molecular formula is C13H16FN3. The molecular weight excluding hydrogens is 217 g/mol. The Balaban J connectivity index is 2.09. The molecule has 4 heteroatoms. The molecule has 0 radical (unpaired) electrons. The average molecular weight is 233 g/mol. The lowest BCUT2D eigenvalue weighted by Gasteiger charge is -2.23. The molecule has 1 aromatic carbocycles. The Bertz CT molecular complexity index is 433. The van der Waals surface area contributed by atoms with Gasteiger partial charge in [0.15, 0.2) is 0 Å². The van der Waals surface area contributed by atoms with Crippen LogP contribution in [0.15, 0.2) is 18.2 Å². The van der Waals surface area contributed by atoms with Crippen molar-refractivity contribution < 1.29 is 4.39 Å². The first kappa shape index (κ1) is 12.0. The van der Waals surface area contributed by atoms with Gasteiger partial charge in [0.05, 0.1) is 11.6 Å². The fraction of sp³-hybridized carbons (Fsp3) is 0.462. The van der Waals surface area contributed by atoms with Gasteiger partial charge in [-0.2, -0.15) is 5.26 Å². The summed E-state index contributed by atoms with van der Waals surface area (Å²) in [6.45, 7) is 2.53. The predicted molar refractivity (Wildman–Crippen MR) is 63.9 cm³/mol. The third-order valence-corrected chi connectivity index (χ3v) is 3.25. The normalized spacial score (nSPS) is 19.5. The highest BCUT2D eigenvalue weighted by Gasteiger charge is 2.20. The van der Waals surface area contributed by atoms with Crippen molar-refractivity contribution >= 4 is 0 Å². The molecule has 1 aliphatic rings. The van der Waals surface area contributed by atoms with Gasteiger partial charge >= 0.3 is 0 Å². The van der Waals surface area contributed by atoms with Gasteiger partial charge in [-0.3, -0.25) is 4.90 Å². The van der Waals surface area contributed by atoms with Crippen molar-refractivity contribution in [2.24, 2.45) is 0 Å². The van der Waals surface area contributed by atoms with Gasteiger partial charge in [-0.05, 0) is 38.2 Å². The van der Waals surface area contributed by atoms with Gasteiger partial charge < -0.3 is 5.32 Å². The number of nitrogens with one attached hydrogen (secondary N) is 1. The smallest absolute Gasteiger partial charge is 0.127 e. The summed E-state index contributed by atoms with van der Waals surface area (Å²) in [7, 11) is 2.00. The molecule has 1 fully saturated rings. The van der Waals surface area contributed by atoms with Gasteiger partial charge in [0.25, 0.3) is 0 Å². The Morgan fingerprint density at radius 2 is 2.41 bits per heavy atom. The van der Waals surface area contributed by atoms with Crippen LogP contribution in [0.4, 0.5) is 4.39 Å². The van der Waals surface area contributed by atoms with E-state index in [4.69, 9.17) is 5.26 Å². The maximum absolute atomic E-state index is 13.6. The fourth-order valence-corrected chi connectivity index (χ4v) is 2.18. The third kappa shape index (κ3) is 2.82. The zero-order chi connectivity index (χ0) is 12.3. The molecule has 0 aliphatic carbocycles. The maximum Gasteiger partial charge on any atom is 0.127 e. The lowest BCUT2D eigenvalue weighted by Crippen LogP contribution is -2.33. The standard InChI is InChI=1S/C13H16FN3/c1-17(12-4-5-16-8-12)9-11-6-10(7-15)2-3-13(11)14/h2-3,6,12,16H,4-5,8-9H2,1H3. The molecule has 0 saturated carbocycles. The Morgan fingerprint density at radius 3 is 3.06 bits per heavy atom. The first-order chi connectivity index (χ1) is 8.20. The van der Waals surface area contributed by atoms with Crippen LogP contribution >= 0.6 is 0 Å². The van der Waals surface area contributed by atoms with Gasteiger partial charge in [0.2, 0.25) is 0 Å². The minimum atomic E-state index is -0.234. The van der Waals surface area contributed by atoms with E-state index >= 15 is 0 Å². The van der Waals surface area contributed by atoms with E-state index in [9.17, 15) is 4.39 Å². The van der Waals surface area contributed by atoms with Crippen molar-refractivity contribution in [1.29, 1.82) is 5.26 Å². The summed E-state index contributed by atoms with van der Waals surface area (Å²) in [5.41, 5.74) is 1.11. The zero-order valence-electron chi connectivity index (χ0n) is 9.91. The highest BCUT2D eigenvalue weighted by molar-refractivity contribution is 5.33. The predicted octanol–water partition coefficient (Wildman–Crippen LogP) is 1.49. The summed E-state index contributed by atoms with van der Waals surface area (Å²) in [6.07, 6.45) is 1.09. The number of rotatable bonds is 3. The lowest BCUT2D eigenvalue weighted by atomic mass is 10.1. The first-order valence-corrected chi connectivity index (χ1v) is 5.80. The molecule has 0 amide bonds. The topological polar surface area (TPSA) is 39.1 Å². The molecule has 3 nitrogen and oxygen atoms in total. The third-order valence-electron chi connectivity index (χ3n) is 3.25. The van der Waals surface area contributed by atoms with E-state index in [2.05, 4.69) is 10.2 Å². The van der Waals surface area contributed by atoms with Crippen LogP contribution in [0.25, 0.3) is 0 Å². The second-order valence-electron chi connectivity index (χ2n) is 4.48. The summed E-state index contributed by atoms with van der Waals surface area (Å²) in [5, 5.41) is 12.1. The highest BCUT2D eigenvalue weighted by atomic mass is 19.1. The van der Waals surface area contributed by atoms with E-state index in [0.717, 1.165) is 19.5 Å². The molecule has 1 aromatic rings. The van der Waals surface area contributed by atoms with Crippen LogP contribution in [0, 0.1) is 17.1 Å². The second-order valence-corrected chi connectivity index (χ2v) is 4.48. The van der Waals surface area contributed by atoms with Crippen LogP contribution in [-0.2, 0) is 6.54 Å². The average Bonchev–Trinajstić information content (AvgIpc) is 2.85. The number of hydrogen-bond acceptors (Lipinski definition) is 3. The van der Waals surface area contributed by atoms with E-state index in [1.54, 1.807) is 6.07 Å². The van der Waals surface area contributed by atoms with Gasteiger partial charge in [-0.1, -0.05) is 0 Å². The summed E-state index contributed by atoms with van der Waals surface area (Å²) in [4.78, 5) is 2.14. The van der Waals surface area contributed by atoms with Crippen molar-refractivity contribution in [2.45, 2.75) is 19.0 Å². The first-order valence-electron chi connectivity index (χ1n) is 5.80. The van der Waals surface area contributed by atoms with Crippen LogP contribution in [0.2, 0.25) is 0 Å². The molecule has 1 N–H and O–H groups in total. The van der Waals surface area contributed by atoms with Crippen LogP contribution < -0.4 is 5.32 Å². The number of nitriles is 1. The Hall–Kier alpha value is -1.44. The lowest BCUT2D eigenvalue weighted by molar-refractivity contribution is 0.245. The fourth-order valence-electron chi connectivity index (χ4n) is 2.18. The van der Waals surface area contributed by atoms with Gasteiger partial charge in [-0.25, -0.2) is 4.39 Å². The molecule has 0 aromatic heterocycles. The summed E-state index contributed by atoms with van der Waals surface area (Å²) >= 11 is 0. The van der Waals surface area contributed by atoms with Crippen molar-refractivity contribution in [3.8, 4) is 6.07 Å². The molecule has 17 heavy (non-hydrogen) atoms. The van der Waals surface area contributed by atoms with Crippen LogP contribution in [0.1, 0.15) is 17.5 Å². The van der Waals surface area contributed by atoms with Crippen molar-refractivity contribution in [3.63, 3.8) is 0 Å². The number of nitrogens with zero attached hydrogens (tertiary/aromatic N) is 2. The van der Waals surface area contributed by atoms with Crippen molar-refractivity contribution in [3.05, 3.63) is 35.1 Å². The Kier molecular flexibility index (Phi) is 3.72. The van der Waals surface area contributed by atoms with Gasteiger partial charge in [0, 0.05) is 24.7 Å². The second kappa shape index (κ2) is 5.26. The number of benzene rings is 1. The van der Waals surface area contributed by atoms with Crippen molar-refractivity contribution in [2.75, 3.05) is 20.1 Å². The minimum Gasteiger partial charge on any atom is -0.315 e. The van der Waals surface area contributed by atoms with E-state index in [-0.39, 0.29) is 5.82 Å². The van der Waals surface area contributed by atoms with E-state index in [1.165, 1.54) is 12.1 Å². The molecule has 1 saturated heterocycles. The summed E-state index contributed by atoms with van der Waals surface area (Å²) in [5.74, 6) is -0.234. The molecule has 1 heterocycles. The molecule has 90 valence electrons. The quantitative estimate of drug-likeness (QED) is 0.859. The summed E-state index contributed by atoms with van der Waals surface area (Å²) < 4.78 is 13.6. The Morgan fingerprint density at radius 1 is 1.59 bits per heavy atom. The van der Waals surface area contributed by atoms with E-state index in [1.807, 2.05) is 13.1 Å². The number of hydrogen-bond donors (Lipinski definition) is 1. The molecule has 0 bridgehead atoms. The SMILES string of the molecule is CN(Cc1cc(C#N)ccc1F)C1CCNC1. The largest absolute Gasteiger partial charge is 0.315 e. The molecule has 2 rings (SSSR count). The minimum absolute atomic E-state index is 0.234. The van der Waals surface area contributed by atoms with Crippen molar-refractivity contribution in [1.82, 2.24) is 10.2 Å². The van der Waals surface area contributed by atoms with E-state index < -0.39 is 0 Å². The van der Waals surface area contributed by atoms with Gasteiger partial charge in [-0.15, -0.1) is 0 Å². The highest BCUT2D eigenvalue weighted by Crippen LogP contribution is 2.15. The number of halogens is 1. The molecule has 1 unspecified atom stereocenters. The van der Waals surface area contributed by atoms with Crippen LogP contribution in [-0.4, -0.2) is 31.1 Å².